The van der Waals surface area contributed by atoms with Crippen LogP contribution in [0.1, 0.15) is 19.4 Å². The van der Waals surface area contributed by atoms with Crippen LogP contribution in [-0.2, 0) is 6.42 Å². The highest BCUT2D eigenvalue weighted by molar-refractivity contribution is 6.31. The van der Waals surface area contributed by atoms with Crippen molar-refractivity contribution < 1.29 is 4.79 Å². The lowest BCUT2D eigenvalue weighted by molar-refractivity contribution is 0.169. The van der Waals surface area contributed by atoms with Gasteiger partial charge < -0.3 is 20.1 Å². The number of carbonyl (C=O) groups excluding carboxylic acids is 1. The summed E-state index contributed by atoms with van der Waals surface area (Å²) >= 11 is 6.07. The Morgan fingerprint density at radius 3 is 2.79 bits per heavy atom. The largest absolute Gasteiger partial charge is 0.361 e. The molecular weight excluding hydrogens is 324 g/mol. The highest BCUT2D eigenvalue weighted by atomic mass is 35.5. The Labute approximate surface area is 149 Å². The molecule has 2 aromatic rings. The van der Waals surface area contributed by atoms with Gasteiger partial charge in [0.25, 0.3) is 0 Å². The summed E-state index contributed by atoms with van der Waals surface area (Å²) in [6.07, 6.45) is 2.76. The molecule has 132 valence electrons. The number of H-pyrrole nitrogens is 1. The first-order valence-corrected chi connectivity index (χ1v) is 8.74. The molecule has 0 aliphatic heterocycles. The Morgan fingerprint density at radius 1 is 1.38 bits per heavy atom. The molecule has 2 amide bonds. The number of benzene rings is 1. The van der Waals surface area contributed by atoms with Crippen molar-refractivity contribution in [2.75, 3.05) is 33.7 Å². The molecule has 0 bridgehead atoms. The number of hydrogen-bond acceptors (Lipinski definition) is 2. The lowest BCUT2D eigenvalue weighted by atomic mass is 10.1. The van der Waals surface area contributed by atoms with Crippen molar-refractivity contribution in [2.24, 2.45) is 0 Å². The number of aromatic amines is 1. The molecule has 0 aliphatic carbocycles. The molecule has 1 heterocycles. The van der Waals surface area contributed by atoms with E-state index < -0.39 is 0 Å². The van der Waals surface area contributed by atoms with Gasteiger partial charge in [-0.3, -0.25) is 0 Å². The third-order valence-corrected chi connectivity index (χ3v) is 4.40. The van der Waals surface area contributed by atoms with Crippen LogP contribution in [0.5, 0.6) is 0 Å². The molecule has 1 aromatic carbocycles. The number of likely N-dealkylation sites (N-methyl/N-ethyl adjacent to an activating group) is 2. The fourth-order valence-corrected chi connectivity index (χ4v) is 3.22. The van der Waals surface area contributed by atoms with E-state index in [0.29, 0.717) is 13.1 Å². The second-order valence-electron chi connectivity index (χ2n) is 6.38. The van der Waals surface area contributed by atoms with Crippen molar-refractivity contribution in [1.82, 2.24) is 20.1 Å². The topological polar surface area (TPSA) is 51.4 Å². The number of nitrogens with zero attached hydrogens (tertiary/aromatic N) is 2. The van der Waals surface area contributed by atoms with Gasteiger partial charge in [-0.15, -0.1) is 0 Å². The lowest BCUT2D eigenvalue weighted by Crippen LogP contribution is -2.48. The van der Waals surface area contributed by atoms with Crippen molar-refractivity contribution in [3.63, 3.8) is 0 Å². The zero-order chi connectivity index (χ0) is 17.7. The van der Waals surface area contributed by atoms with Crippen LogP contribution < -0.4 is 5.32 Å². The number of carbonyl (C=O) groups is 1. The highest BCUT2D eigenvalue weighted by Crippen LogP contribution is 2.22. The van der Waals surface area contributed by atoms with Gasteiger partial charge in [0, 0.05) is 47.8 Å². The molecule has 0 unspecified atom stereocenters. The van der Waals surface area contributed by atoms with E-state index in [9.17, 15) is 4.79 Å². The van der Waals surface area contributed by atoms with Crippen molar-refractivity contribution in [3.8, 4) is 0 Å². The molecule has 0 saturated heterocycles. The molecule has 5 nitrogen and oxygen atoms in total. The quantitative estimate of drug-likeness (QED) is 0.804. The average molecular weight is 351 g/mol. The lowest BCUT2D eigenvalue weighted by Gasteiger charge is -2.30. The summed E-state index contributed by atoms with van der Waals surface area (Å²) in [6, 6.07) is 5.97. The predicted molar refractivity (Wildman–Crippen MR) is 101 cm³/mol. The van der Waals surface area contributed by atoms with Crippen molar-refractivity contribution >= 4 is 28.5 Å². The Hall–Kier alpha value is -1.72. The third-order valence-electron chi connectivity index (χ3n) is 4.16. The predicted octanol–water partition coefficient (Wildman–Crippen LogP) is 3.35. The summed E-state index contributed by atoms with van der Waals surface area (Å²) in [6.45, 7) is 6.23. The van der Waals surface area contributed by atoms with Crippen LogP contribution >= 0.6 is 11.6 Å². The van der Waals surface area contributed by atoms with Gasteiger partial charge >= 0.3 is 6.03 Å². The van der Waals surface area contributed by atoms with Crippen LogP contribution in [0.4, 0.5) is 4.79 Å². The van der Waals surface area contributed by atoms with Crippen molar-refractivity contribution in [1.29, 1.82) is 0 Å². The molecule has 24 heavy (non-hydrogen) atoms. The molecule has 1 aromatic heterocycles. The van der Waals surface area contributed by atoms with E-state index in [-0.39, 0.29) is 12.1 Å². The van der Waals surface area contributed by atoms with Crippen LogP contribution in [0.25, 0.3) is 10.9 Å². The fraction of sp³-hybridized carbons (Fsp3) is 0.500. The van der Waals surface area contributed by atoms with Gasteiger partial charge in [-0.25, -0.2) is 4.79 Å². The average Bonchev–Trinajstić information content (AvgIpc) is 2.89. The molecular formula is C18H27ClN4O. The van der Waals surface area contributed by atoms with E-state index >= 15 is 0 Å². The van der Waals surface area contributed by atoms with Gasteiger partial charge in [0.15, 0.2) is 0 Å². The SMILES string of the molecule is CCN(C(=O)NCCc1c[nH]c2ccc(Cl)cc12)[C@H](C)CN(C)C. The zero-order valence-electron chi connectivity index (χ0n) is 14.9. The molecule has 0 spiro atoms. The summed E-state index contributed by atoms with van der Waals surface area (Å²) in [5.41, 5.74) is 2.23. The second kappa shape index (κ2) is 8.40. The van der Waals surface area contributed by atoms with E-state index in [0.717, 1.165) is 34.5 Å². The fourth-order valence-electron chi connectivity index (χ4n) is 3.05. The number of aromatic nitrogens is 1. The van der Waals surface area contributed by atoms with E-state index in [1.54, 1.807) is 0 Å². The minimum Gasteiger partial charge on any atom is -0.361 e. The second-order valence-corrected chi connectivity index (χ2v) is 6.82. The summed E-state index contributed by atoms with van der Waals surface area (Å²) in [4.78, 5) is 19.6. The van der Waals surface area contributed by atoms with Crippen LogP contribution in [0, 0.1) is 0 Å². The maximum atomic E-state index is 12.4. The van der Waals surface area contributed by atoms with Crippen molar-refractivity contribution in [2.45, 2.75) is 26.3 Å². The first-order chi connectivity index (χ1) is 11.4. The van der Waals surface area contributed by atoms with Gasteiger partial charge in [-0.2, -0.15) is 0 Å². The summed E-state index contributed by atoms with van der Waals surface area (Å²) in [7, 11) is 4.04. The number of hydrogen-bond donors (Lipinski definition) is 2. The number of amides is 2. The Morgan fingerprint density at radius 2 is 2.12 bits per heavy atom. The summed E-state index contributed by atoms with van der Waals surface area (Å²) < 4.78 is 0. The molecule has 2 rings (SSSR count). The van der Waals surface area contributed by atoms with Crippen LogP contribution in [0.3, 0.4) is 0 Å². The molecule has 0 radical (unpaired) electrons. The first kappa shape index (κ1) is 18.6. The number of halogens is 1. The van der Waals surface area contributed by atoms with Crippen LogP contribution in [0.15, 0.2) is 24.4 Å². The maximum Gasteiger partial charge on any atom is 0.317 e. The monoisotopic (exact) mass is 350 g/mol. The number of fused-ring (bicyclic) bond motifs is 1. The maximum absolute atomic E-state index is 12.4. The molecule has 0 aliphatic rings. The van der Waals surface area contributed by atoms with E-state index in [4.69, 9.17) is 11.6 Å². The minimum absolute atomic E-state index is 0.00952. The van der Waals surface area contributed by atoms with Crippen molar-refractivity contribution in [3.05, 3.63) is 35.0 Å². The Kier molecular flexibility index (Phi) is 6.52. The Balaban J connectivity index is 1.92. The number of urea groups is 1. The minimum atomic E-state index is -0.00952. The smallest absolute Gasteiger partial charge is 0.317 e. The standard InChI is InChI=1S/C18H27ClN4O/c1-5-23(13(2)12-22(3)4)18(24)20-9-8-14-11-21-17-7-6-15(19)10-16(14)17/h6-7,10-11,13,21H,5,8-9,12H2,1-4H3,(H,20,24)/t13-/m1/s1. The molecule has 0 fully saturated rings. The highest BCUT2D eigenvalue weighted by Gasteiger charge is 2.18. The number of rotatable bonds is 7. The molecule has 1 atom stereocenters. The van der Waals surface area contributed by atoms with E-state index in [1.165, 1.54) is 0 Å². The third kappa shape index (κ3) is 4.65. The van der Waals surface area contributed by atoms with Gasteiger partial charge in [-0.1, -0.05) is 11.6 Å². The van der Waals surface area contributed by atoms with Crippen LogP contribution in [-0.4, -0.2) is 60.6 Å². The normalized spacial score (nSPS) is 12.6. The van der Waals surface area contributed by atoms with Gasteiger partial charge in [-0.05, 0) is 58.1 Å². The van der Waals surface area contributed by atoms with E-state index in [2.05, 4.69) is 22.1 Å². The van der Waals surface area contributed by atoms with Gasteiger partial charge in [0.2, 0.25) is 0 Å². The van der Waals surface area contributed by atoms with Crippen LogP contribution in [0.2, 0.25) is 5.02 Å². The zero-order valence-corrected chi connectivity index (χ0v) is 15.7. The molecule has 0 saturated carbocycles. The van der Waals surface area contributed by atoms with E-state index in [1.807, 2.05) is 50.3 Å². The number of nitrogens with one attached hydrogen (secondary N) is 2. The summed E-state index contributed by atoms with van der Waals surface area (Å²) in [5.74, 6) is 0. The first-order valence-electron chi connectivity index (χ1n) is 8.37. The van der Waals surface area contributed by atoms with Gasteiger partial charge in [0.05, 0.1) is 0 Å². The molecule has 2 N–H and O–H groups in total. The Bertz CT molecular complexity index is 683. The molecule has 6 heteroatoms. The summed E-state index contributed by atoms with van der Waals surface area (Å²) in [5, 5.41) is 4.87. The van der Waals surface area contributed by atoms with Gasteiger partial charge in [0.1, 0.15) is 0 Å².